The SMILES string of the molecule is N#Cc1ccc(NC2CCN3CCC2C3)cc1C#N. The molecule has 19 heavy (non-hydrogen) atoms. The van der Waals surface area contributed by atoms with Gasteiger partial charge in [0.25, 0.3) is 0 Å². The van der Waals surface area contributed by atoms with E-state index >= 15 is 0 Å². The molecule has 0 spiro atoms. The summed E-state index contributed by atoms with van der Waals surface area (Å²) in [7, 11) is 0. The normalized spacial score (nSPS) is 28.4. The quantitative estimate of drug-likeness (QED) is 0.873. The maximum atomic E-state index is 9.05. The van der Waals surface area contributed by atoms with Crippen molar-refractivity contribution in [3.63, 3.8) is 0 Å². The molecule has 1 aromatic rings. The van der Waals surface area contributed by atoms with Gasteiger partial charge in [0, 0.05) is 24.8 Å². The fraction of sp³-hybridized carbons (Fsp3) is 0.467. The van der Waals surface area contributed by atoms with Crippen molar-refractivity contribution < 1.29 is 0 Å². The van der Waals surface area contributed by atoms with Crippen LogP contribution < -0.4 is 5.32 Å². The van der Waals surface area contributed by atoms with Crippen LogP contribution in [0.3, 0.4) is 0 Å². The summed E-state index contributed by atoms with van der Waals surface area (Å²) in [5, 5.41) is 21.5. The van der Waals surface area contributed by atoms with E-state index in [0.717, 1.165) is 24.6 Å². The molecule has 3 unspecified atom stereocenters. The zero-order valence-corrected chi connectivity index (χ0v) is 10.8. The van der Waals surface area contributed by atoms with Gasteiger partial charge in [-0.25, -0.2) is 0 Å². The third kappa shape index (κ3) is 2.28. The summed E-state index contributed by atoms with van der Waals surface area (Å²) in [6.45, 7) is 3.58. The Hall–Kier alpha value is -2.04. The average Bonchev–Trinajstić information content (AvgIpc) is 2.84. The molecule has 2 aliphatic rings. The second kappa shape index (κ2) is 4.91. The minimum absolute atomic E-state index is 0.448. The highest BCUT2D eigenvalue weighted by Crippen LogP contribution is 2.29. The molecule has 0 saturated carbocycles. The number of benzene rings is 1. The van der Waals surface area contributed by atoms with Gasteiger partial charge in [-0.15, -0.1) is 0 Å². The Morgan fingerprint density at radius 2 is 1.89 bits per heavy atom. The highest BCUT2D eigenvalue weighted by atomic mass is 15.2. The number of fused-ring (bicyclic) bond motifs is 2. The fourth-order valence-corrected chi connectivity index (χ4v) is 3.18. The largest absolute Gasteiger partial charge is 0.382 e. The third-order valence-electron chi connectivity index (χ3n) is 4.25. The molecule has 0 radical (unpaired) electrons. The summed E-state index contributed by atoms with van der Waals surface area (Å²) in [6, 6.07) is 10.1. The van der Waals surface area contributed by atoms with Crippen LogP contribution in [0.15, 0.2) is 18.2 Å². The molecule has 0 aromatic heterocycles. The zero-order chi connectivity index (χ0) is 13.2. The molecule has 4 heteroatoms. The molecular formula is C15H16N4. The lowest BCUT2D eigenvalue weighted by molar-refractivity contribution is 0.255. The minimum Gasteiger partial charge on any atom is -0.382 e. The van der Waals surface area contributed by atoms with Gasteiger partial charge in [0.1, 0.15) is 12.1 Å². The monoisotopic (exact) mass is 252 g/mol. The van der Waals surface area contributed by atoms with Crippen LogP contribution in [0.2, 0.25) is 0 Å². The summed E-state index contributed by atoms with van der Waals surface area (Å²) < 4.78 is 0. The summed E-state index contributed by atoms with van der Waals surface area (Å²) in [5.74, 6) is 0.718. The van der Waals surface area contributed by atoms with Crippen molar-refractivity contribution in [2.45, 2.75) is 18.9 Å². The smallest absolute Gasteiger partial charge is 0.101 e. The number of nitriles is 2. The second-order valence-corrected chi connectivity index (χ2v) is 5.37. The molecule has 96 valence electrons. The summed E-state index contributed by atoms with van der Waals surface area (Å²) >= 11 is 0. The van der Waals surface area contributed by atoms with E-state index in [9.17, 15) is 0 Å². The van der Waals surface area contributed by atoms with Gasteiger partial charge in [-0.05, 0) is 43.5 Å². The number of anilines is 1. The summed E-state index contributed by atoms with van der Waals surface area (Å²) in [6.07, 6.45) is 2.42. The third-order valence-corrected chi connectivity index (χ3v) is 4.25. The second-order valence-electron chi connectivity index (χ2n) is 5.37. The molecule has 1 aromatic carbocycles. The molecule has 3 atom stereocenters. The molecule has 4 nitrogen and oxygen atoms in total. The first-order valence-electron chi connectivity index (χ1n) is 6.73. The Bertz CT molecular complexity index is 566. The van der Waals surface area contributed by atoms with Crippen molar-refractivity contribution in [3.8, 4) is 12.1 Å². The fourth-order valence-electron chi connectivity index (χ4n) is 3.18. The molecule has 2 heterocycles. The van der Waals surface area contributed by atoms with Crippen molar-refractivity contribution in [2.75, 3.05) is 25.0 Å². The van der Waals surface area contributed by atoms with E-state index in [4.69, 9.17) is 10.5 Å². The van der Waals surface area contributed by atoms with Gasteiger partial charge in [0.15, 0.2) is 0 Å². The van der Waals surface area contributed by atoms with Crippen LogP contribution in [-0.2, 0) is 0 Å². The van der Waals surface area contributed by atoms with Crippen molar-refractivity contribution in [1.29, 1.82) is 10.5 Å². The molecular weight excluding hydrogens is 236 g/mol. The first-order valence-corrected chi connectivity index (χ1v) is 6.73. The van der Waals surface area contributed by atoms with Gasteiger partial charge in [0.05, 0.1) is 11.1 Å². The van der Waals surface area contributed by atoms with E-state index in [0.29, 0.717) is 17.2 Å². The van der Waals surface area contributed by atoms with Gasteiger partial charge < -0.3 is 10.2 Å². The van der Waals surface area contributed by atoms with E-state index in [1.54, 1.807) is 12.1 Å². The van der Waals surface area contributed by atoms with E-state index in [-0.39, 0.29) is 0 Å². The van der Waals surface area contributed by atoms with Crippen molar-refractivity contribution >= 4 is 5.69 Å². The van der Waals surface area contributed by atoms with Gasteiger partial charge in [-0.1, -0.05) is 0 Å². The van der Waals surface area contributed by atoms with Crippen LogP contribution in [0.5, 0.6) is 0 Å². The predicted molar refractivity (Wildman–Crippen MR) is 72.4 cm³/mol. The predicted octanol–water partition coefficient (Wildman–Crippen LogP) is 1.94. The summed E-state index contributed by atoms with van der Waals surface area (Å²) in [4.78, 5) is 2.52. The van der Waals surface area contributed by atoms with Crippen molar-refractivity contribution in [1.82, 2.24) is 4.90 Å². The number of hydrogen-bond donors (Lipinski definition) is 1. The number of hydrogen-bond acceptors (Lipinski definition) is 4. The van der Waals surface area contributed by atoms with Gasteiger partial charge >= 0.3 is 0 Å². The first-order chi connectivity index (χ1) is 9.30. The maximum absolute atomic E-state index is 9.05. The number of nitrogens with zero attached hydrogens (tertiary/aromatic N) is 3. The standard InChI is InChI=1S/C15H16N4/c16-8-11-1-2-14(7-13(11)9-17)18-15-4-6-19-5-3-12(15)10-19/h1-2,7,12,15,18H,3-6,10H2. The van der Waals surface area contributed by atoms with Gasteiger partial charge in [-0.2, -0.15) is 10.5 Å². The highest BCUT2D eigenvalue weighted by Gasteiger charge is 2.34. The van der Waals surface area contributed by atoms with Crippen molar-refractivity contribution in [2.24, 2.45) is 5.92 Å². The van der Waals surface area contributed by atoms with Crippen LogP contribution in [0, 0.1) is 28.6 Å². The lowest BCUT2D eigenvalue weighted by atomic mass is 9.93. The Morgan fingerprint density at radius 3 is 2.68 bits per heavy atom. The number of nitrogens with one attached hydrogen (secondary N) is 1. The Morgan fingerprint density at radius 1 is 1.11 bits per heavy atom. The molecule has 2 bridgehead atoms. The highest BCUT2D eigenvalue weighted by molar-refractivity contribution is 5.56. The summed E-state index contributed by atoms with van der Waals surface area (Å²) in [5.41, 5.74) is 1.86. The lowest BCUT2D eigenvalue weighted by Gasteiger charge is -2.31. The van der Waals surface area contributed by atoms with E-state index in [1.165, 1.54) is 19.5 Å². The zero-order valence-electron chi connectivity index (χ0n) is 10.8. The maximum Gasteiger partial charge on any atom is 0.101 e. The molecule has 1 N–H and O–H groups in total. The topological polar surface area (TPSA) is 62.9 Å². The van der Waals surface area contributed by atoms with Crippen LogP contribution >= 0.6 is 0 Å². The van der Waals surface area contributed by atoms with Gasteiger partial charge in [0.2, 0.25) is 0 Å². The molecule has 2 saturated heterocycles. The Labute approximate surface area is 113 Å². The molecule has 3 rings (SSSR count). The van der Waals surface area contributed by atoms with Gasteiger partial charge in [-0.3, -0.25) is 0 Å². The van der Waals surface area contributed by atoms with E-state index in [1.807, 2.05) is 12.1 Å². The molecule has 0 amide bonds. The van der Waals surface area contributed by atoms with Crippen molar-refractivity contribution in [3.05, 3.63) is 29.3 Å². The molecule has 0 aliphatic carbocycles. The van der Waals surface area contributed by atoms with Crippen LogP contribution in [0.1, 0.15) is 24.0 Å². The molecule has 2 fully saturated rings. The number of piperidine rings is 1. The van der Waals surface area contributed by atoms with E-state index in [2.05, 4.69) is 16.3 Å². The Balaban J connectivity index is 1.77. The van der Waals surface area contributed by atoms with Crippen LogP contribution in [0.25, 0.3) is 0 Å². The first kappa shape index (κ1) is 12.0. The lowest BCUT2D eigenvalue weighted by Crippen LogP contribution is -2.39. The minimum atomic E-state index is 0.448. The van der Waals surface area contributed by atoms with Crippen LogP contribution in [-0.4, -0.2) is 30.6 Å². The molecule has 2 aliphatic heterocycles. The Kier molecular flexibility index (Phi) is 3.11. The van der Waals surface area contributed by atoms with Crippen LogP contribution in [0.4, 0.5) is 5.69 Å². The number of rotatable bonds is 2. The van der Waals surface area contributed by atoms with E-state index < -0.39 is 0 Å². The average molecular weight is 252 g/mol.